The molecule has 0 aromatic heterocycles. The maximum atomic E-state index is 14.6. The minimum Gasteiger partial charge on any atom is -0.352 e. The van der Waals surface area contributed by atoms with Crippen LogP contribution in [0.4, 0.5) is 10.1 Å². The molecule has 0 bridgehead atoms. The Bertz CT molecular complexity index is 1130. The Balaban J connectivity index is 2.49. The van der Waals surface area contributed by atoms with Crippen molar-refractivity contribution in [2.75, 3.05) is 24.9 Å². The lowest BCUT2D eigenvalue weighted by Gasteiger charge is -2.33. The summed E-state index contributed by atoms with van der Waals surface area (Å²) in [5.74, 6) is -1.91. The second-order valence-corrected chi connectivity index (χ2v) is 10.7. The van der Waals surface area contributed by atoms with E-state index in [-0.39, 0.29) is 18.3 Å². The van der Waals surface area contributed by atoms with E-state index < -0.39 is 40.4 Å². The number of hydrogen-bond acceptors (Lipinski definition) is 4. The van der Waals surface area contributed by atoms with Crippen LogP contribution >= 0.6 is 11.6 Å². The van der Waals surface area contributed by atoms with Crippen molar-refractivity contribution in [1.29, 1.82) is 0 Å². The Labute approximate surface area is 205 Å². The summed E-state index contributed by atoms with van der Waals surface area (Å²) in [6.07, 6.45) is 0. The predicted octanol–water partition coefficient (Wildman–Crippen LogP) is 3.03. The minimum atomic E-state index is -4.24. The van der Waals surface area contributed by atoms with Crippen LogP contribution in [0.5, 0.6) is 0 Å². The fraction of sp³-hybridized carbons (Fsp3) is 0.391. The van der Waals surface area contributed by atoms with Gasteiger partial charge in [0.1, 0.15) is 18.4 Å². The van der Waals surface area contributed by atoms with Crippen molar-refractivity contribution in [2.24, 2.45) is 0 Å². The van der Waals surface area contributed by atoms with E-state index in [1.54, 1.807) is 45.0 Å². The smallest absolute Gasteiger partial charge is 0.304 e. The first-order chi connectivity index (χ1) is 15.9. The van der Waals surface area contributed by atoms with Crippen LogP contribution in [-0.2, 0) is 26.3 Å². The van der Waals surface area contributed by atoms with Gasteiger partial charge < -0.3 is 10.2 Å². The minimum absolute atomic E-state index is 0.0433. The zero-order valence-electron chi connectivity index (χ0n) is 19.8. The molecule has 0 fully saturated rings. The average Bonchev–Trinajstić information content (AvgIpc) is 2.76. The van der Waals surface area contributed by atoms with Gasteiger partial charge in [0.2, 0.25) is 11.8 Å². The molecule has 2 aromatic rings. The van der Waals surface area contributed by atoms with Gasteiger partial charge in [0.05, 0.1) is 5.69 Å². The molecule has 186 valence electrons. The number of anilines is 1. The normalized spacial score (nSPS) is 12.5. The SMILES string of the molecule is CC(C)NC(=O)[C@H](C)N(Cc1ccccc1Cl)C(=O)CN(c1ccccc1F)S(=O)(=O)N(C)C. The molecule has 0 unspecified atom stereocenters. The number of nitrogens with zero attached hydrogens (tertiary/aromatic N) is 3. The summed E-state index contributed by atoms with van der Waals surface area (Å²) < 4.78 is 42.2. The lowest BCUT2D eigenvalue weighted by Crippen LogP contribution is -2.53. The third kappa shape index (κ3) is 6.68. The lowest BCUT2D eigenvalue weighted by molar-refractivity contribution is -0.139. The molecule has 0 spiro atoms. The third-order valence-corrected chi connectivity index (χ3v) is 7.21. The second-order valence-electron chi connectivity index (χ2n) is 8.20. The Hall–Kier alpha value is -2.69. The number of benzene rings is 2. The number of hydrogen-bond donors (Lipinski definition) is 1. The van der Waals surface area contributed by atoms with E-state index in [0.717, 1.165) is 10.4 Å². The molecule has 0 aliphatic carbocycles. The average molecular weight is 513 g/mol. The van der Waals surface area contributed by atoms with E-state index in [4.69, 9.17) is 11.6 Å². The number of nitrogens with one attached hydrogen (secondary N) is 1. The van der Waals surface area contributed by atoms with Gasteiger partial charge in [0.15, 0.2) is 0 Å². The van der Waals surface area contributed by atoms with Crippen LogP contribution < -0.4 is 9.62 Å². The summed E-state index contributed by atoms with van der Waals surface area (Å²) in [5, 5.41) is 3.15. The molecule has 0 aliphatic rings. The molecule has 1 N–H and O–H groups in total. The first-order valence-corrected chi connectivity index (χ1v) is 12.4. The monoisotopic (exact) mass is 512 g/mol. The maximum absolute atomic E-state index is 14.6. The van der Waals surface area contributed by atoms with Crippen molar-refractivity contribution in [3.63, 3.8) is 0 Å². The van der Waals surface area contributed by atoms with Gasteiger partial charge in [-0.05, 0) is 44.5 Å². The maximum Gasteiger partial charge on any atom is 0.304 e. The zero-order valence-corrected chi connectivity index (χ0v) is 21.4. The largest absolute Gasteiger partial charge is 0.352 e. The van der Waals surface area contributed by atoms with Gasteiger partial charge in [-0.1, -0.05) is 41.9 Å². The lowest BCUT2D eigenvalue weighted by atomic mass is 10.1. The second kappa shape index (κ2) is 11.6. The Kier molecular flexibility index (Phi) is 9.43. The first-order valence-electron chi connectivity index (χ1n) is 10.6. The van der Waals surface area contributed by atoms with Crippen molar-refractivity contribution in [2.45, 2.75) is 39.4 Å². The molecule has 2 aromatic carbocycles. The molecule has 8 nitrogen and oxygen atoms in total. The van der Waals surface area contributed by atoms with Crippen LogP contribution in [0.3, 0.4) is 0 Å². The van der Waals surface area contributed by atoms with Gasteiger partial charge in [0.25, 0.3) is 0 Å². The number of rotatable bonds is 10. The van der Waals surface area contributed by atoms with E-state index in [9.17, 15) is 22.4 Å². The molecular formula is C23H30ClFN4O4S. The number of halogens is 2. The fourth-order valence-corrected chi connectivity index (χ4v) is 4.41. The van der Waals surface area contributed by atoms with E-state index in [0.29, 0.717) is 14.9 Å². The van der Waals surface area contributed by atoms with E-state index in [1.165, 1.54) is 37.2 Å². The highest BCUT2D eigenvalue weighted by Gasteiger charge is 2.34. The highest BCUT2D eigenvalue weighted by molar-refractivity contribution is 7.90. The van der Waals surface area contributed by atoms with E-state index in [2.05, 4.69) is 5.32 Å². The molecular weight excluding hydrogens is 483 g/mol. The van der Waals surface area contributed by atoms with Crippen LogP contribution in [0.1, 0.15) is 26.3 Å². The summed E-state index contributed by atoms with van der Waals surface area (Å²) in [6, 6.07) is 11.0. The number of carbonyl (C=O) groups is 2. The Morgan fingerprint density at radius 2 is 1.62 bits per heavy atom. The van der Waals surface area contributed by atoms with Crippen LogP contribution in [0.2, 0.25) is 5.02 Å². The summed E-state index contributed by atoms with van der Waals surface area (Å²) >= 11 is 6.28. The summed E-state index contributed by atoms with van der Waals surface area (Å²) in [6.45, 7) is 4.35. The summed E-state index contributed by atoms with van der Waals surface area (Å²) in [7, 11) is -1.67. The Morgan fingerprint density at radius 3 is 2.18 bits per heavy atom. The Morgan fingerprint density at radius 1 is 1.03 bits per heavy atom. The van der Waals surface area contributed by atoms with Crippen molar-refractivity contribution in [1.82, 2.24) is 14.5 Å². The summed E-state index contributed by atoms with van der Waals surface area (Å²) in [5.41, 5.74) is 0.302. The standard InChI is InChI=1S/C23H30ClFN4O4S/c1-16(2)26-23(31)17(3)28(14-18-10-6-7-11-19(18)24)22(30)15-29(34(32,33)27(4)5)21-13-9-8-12-20(21)25/h6-13,16-17H,14-15H2,1-5H3,(H,26,31)/t17-/m0/s1. The van der Waals surface area contributed by atoms with Crippen LogP contribution in [0.15, 0.2) is 48.5 Å². The van der Waals surface area contributed by atoms with Gasteiger partial charge in [-0.15, -0.1) is 0 Å². The number of carbonyl (C=O) groups excluding carboxylic acids is 2. The van der Waals surface area contributed by atoms with Crippen molar-refractivity contribution in [3.05, 3.63) is 64.9 Å². The molecule has 0 saturated carbocycles. The van der Waals surface area contributed by atoms with Crippen LogP contribution in [0.25, 0.3) is 0 Å². The van der Waals surface area contributed by atoms with Crippen molar-refractivity contribution in [3.8, 4) is 0 Å². The predicted molar refractivity (Wildman–Crippen MR) is 131 cm³/mol. The zero-order chi connectivity index (χ0) is 25.6. The molecule has 34 heavy (non-hydrogen) atoms. The van der Waals surface area contributed by atoms with Crippen LogP contribution in [-0.4, -0.2) is 62.2 Å². The van der Waals surface area contributed by atoms with Gasteiger partial charge in [0, 0.05) is 31.7 Å². The molecule has 1 atom stereocenters. The van der Waals surface area contributed by atoms with Crippen LogP contribution in [0, 0.1) is 5.82 Å². The highest BCUT2D eigenvalue weighted by Crippen LogP contribution is 2.24. The number of amides is 2. The van der Waals surface area contributed by atoms with Gasteiger partial charge in [-0.3, -0.25) is 9.59 Å². The third-order valence-electron chi connectivity index (χ3n) is 5.04. The number of para-hydroxylation sites is 1. The van der Waals surface area contributed by atoms with Gasteiger partial charge in [-0.25, -0.2) is 8.70 Å². The highest BCUT2D eigenvalue weighted by atomic mass is 35.5. The van der Waals surface area contributed by atoms with E-state index >= 15 is 0 Å². The molecule has 0 radical (unpaired) electrons. The van der Waals surface area contributed by atoms with E-state index in [1.807, 2.05) is 0 Å². The molecule has 2 rings (SSSR count). The molecule has 2 amide bonds. The molecule has 0 saturated heterocycles. The molecule has 0 aliphatic heterocycles. The first kappa shape index (κ1) is 27.6. The fourth-order valence-electron chi connectivity index (χ4n) is 3.15. The van der Waals surface area contributed by atoms with Crippen molar-refractivity contribution < 1.29 is 22.4 Å². The molecule has 0 heterocycles. The van der Waals surface area contributed by atoms with Crippen molar-refractivity contribution >= 4 is 39.3 Å². The molecule has 11 heteroatoms. The summed E-state index contributed by atoms with van der Waals surface area (Å²) in [4.78, 5) is 27.5. The van der Waals surface area contributed by atoms with Gasteiger partial charge in [-0.2, -0.15) is 12.7 Å². The topological polar surface area (TPSA) is 90.0 Å². The van der Waals surface area contributed by atoms with Gasteiger partial charge >= 0.3 is 10.2 Å². The quantitative estimate of drug-likeness (QED) is 0.530.